The van der Waals surface area contributed by atoms with Crippen LogP contribution in [0.5, 0.6) is 0 Å². The average Bonchev–Trinajstić information content (AvgIpc) is 3.37. The summed E-state index contributed by atoms with van der Waals surface area (Å²) in [5, 5.41) is 1.58. The SMILES string of the molecule is CCn1c(SCc2ncc(-c3ccccc3)o2)nc2sc3c(c2c1=O)CCC(C)C3. The predicted octanol–water partition coefficient (Wildman–Crippen LogP) is 5.55. The van der Waals surface area contributed by atoms with Crippen LogP contribution in [0.25, 0.3) is 21.5 Å². The van der Waals surface area contributed by atoms with E-state index in [1.807, 2.05) is 37.3 Å². The van der Waals surface area contributed by atoms with E-state index in [0.717, 1.165) is 46.0 Å². The van der Waals surface area contributed by atoms with Gasteiger partial charge < -0.3 is 4.42 Å². The van der Waals surface area contributed by atoms with Gasteiger partial charge in [-0.25, -0.2) is 9.97 Å². The lowest BCUT2D eigenvalue weighted by atomic mass is 9.89. The van der Waals surface area contributed by atoms with E-state index in [1.165, 1.54) is 22.2 Å². The quantitative estimate of drug-likeness (QED) is 0.303. The third-order valence-electron chi connectivity index (χ3n) is 5.63. The minimum atomic E-state index is 0.0921. The van der Waals surface area contributed by atoms with Crippen molar-refractivity contribution in [2.45, 2.75) is 50.6 Å². The highest BCUT2D eigenvalue weighted by molar-refractivity contribution is 7.98. The van der Waals surface area contributed by atoms with Gasteiger partial charge in [-0.2, -0.15) is 0 Å². The molecule has 3 heterocycles. The lowest BCUT2D eigenvalue weighted by molar-refractivity contribution is 0.509. The van der Waals surface area contributed by atoms with Crippen LogP contribution in [0.1, 0.15) is 36.6 Å². The number of nitrogens with zero attached hydrogens (tertiary/aromatic N) is 3. The number of thioether (sulfide) groups is 1. The molecule has 1 aliphatic carbocycles. The molecule has 5 rings (SSSR count). The maximum Gasteiger partial charge on any atom is 0.263 e. The van der Waals surface area contributed by atoms with Crippen molar-refractivity contribution in [3.63, 3.8) is 0 Å². The van der Waals surface area contributed by atoms with Gasteiger partial charge in [-0.05, 0) is 37.7 Å². The summed E-state index contributed by atoms with van der Waals surface area (Å²) in [6, 6.07) is 9.94. The first-order chi connectivity index (χ1) is 14.6. The minimum absolute atomic E-state index is 0.0921. The maximum absolute atomic E-state index is 13.3. The summed E-state index contributed by atoms with van der Waals surface area (Å²) in [4.78, 5) is 24.8. The smallest absolute Gasteiger partial charge is 0.263 e. The van der Waals surface area contributed by atoms with Crippen molar-refractivity contribution in [2.24, 2.45) is 5.92 Å². The van der Waals surface area contributed by atoms with Gasteiger partial charge in [0, 0.05) is 17.0 Å². The first-order valence-electron chi connectivity index (χ1n) is 10.3. The Morgan fingerprint density at radius 3 is 2.93 bits per heavy atom. The summed E-state index contributed by atoms with van der Waals surface area (Å²) in [6.45, 7) is 4.89. The van der Waals surface area contributed by atoms with E-state index < -0.39 is 0 Å². The first kappa shape index (κ1) is 19.6. The second-order valence-corrected chi connectivity index (χ2v) is 9.77. The molecule has 0 radical (unpaired) electrons. The zero-order valence-electron chi connectivity index (χ0n) is 17.1. The van der Waals surface area contributed by atoms with Crippen molar-refractivity contribution in [2.75, 3.05) is 0 Å². The fourth-order valence-electron chi connectivity index (χ4n) is 4.03. The highest BCUT2D eigenvalue weighted by Gasteiger charge is 2.24. The number of benzene rings is 1. The Balaban J connectivity index is 1.45. The van der Waals surface area contributed by atoms with Crippen molar-refractivity contribution in [1.82, 2.24) is 14.5 Å². The van der Waals surface area contributed by atoms with Gasteiger partial charge in [0.05, 0.1) is 17.3 Å². The van der Waals surface area contributed by atoms with Gasteiger partial charge in [-0.3, -0.25) is 9.36 Å². The Morgan fingerprint density at radius 2 is 2.13 bits per heavy atom. The molecule has 154 valence electrons. The number of oxazole rings is 1. The van der Waals surface area contributed by atoms with Crippen LogP contribution in [-0.4, -0.2) is 14.5 Å². The molecular formula is C23H23N3O2S2. The zero-order chi connectivity index (χ0) is 20.7. The van der Waals surface area contributed by atoms with Crippen LogP contribution >= 0.6 is 23.1 Å². The monoisotopic (exact) mass is 437 g/mol. The van der Waals surface area contributed by atoms with Crippen LogP contribution in [0.15, 0.2) is 50.9 Å². The molecule has 0 spiro atoms. The molecule has 3 aromatic heterocycles. The normalized spacial score (nSPS) is 16.1. The van der Waals surface area contributed by atoms with Gasteiger partial charge in [-0.1, -0.05) is 49.0 Å². The largest absolute Gasteiger partial charge is 0.440 e. The van der Waals surface area contributed by atoms with Crippen molar-refractivity contribution < 1.29 is 4.42 Å². The van der Waals surface area contributed by atoms with Crippen molar-refractivity contribution in [1.29, 1.82) is 0 Å². The fraction of sp³-hybridized carbons (Fsp3) is 0.348. The summed E-state index contributed by atoms with van der Waals surface area (Å²) in [6.07, 6.45) is 4.95. The topological polar surface area (TPSA) is 60.9 Å². The lowest BCUT2D eigenvalue weighted by Gasteiger charge is -2.17. The Hall–Kier alpha value is -2.38. The summed E-state index contributed by atoms with van der Waals surface area (Å²) in [7, 11) is 0. The molecule has 4 aromatic rings. The van der Waals surface area contributed by atoms with E-state index >= 15 is 0 Å². The number of rotatable bonds is 5. The number of fused-ring (bicyclic) bond motifs is 3. The first-order valence-corrected chi connectivity index (χ1v) is 12.1. The van der Waals surface area contributed by atoms with Gasteiger partial charge in [-0.15, -0.1) is 11.3 Å². The van der Waals surface area contributed by atoms with Gasteiger partial charge in [0.1, 0.15) is 4.83 Å². The Kier molecular flexibility index (Phi) is 5.25. The van der Waals surface area contributed by atoms with Crippen LogP contribution in [0.3, 0.4) is 0 Å². The highest BCUT2D eigenvalue weighted by Crippen LogP contribution is 2.36. The Labute approximate surface area is 183 Å². The lowest BCUT2D eigenvalue weighted by Crippen LogP contribution is -2.23. The van der Waals surface area contributed by atoms with Crippen molar-refractivity contribution in [3.8, 4) is 11.3 Å². The molecular weight excluding hydrogens is 414 g/mol. The molecule has 0 aliphatic heterocycles. The number of thiophene rings is 1. The molecule has 0 N–H and O–H groups in total. The van der Waals surface area contributed by atoms with Crippen LogP contribution in [0.4, 0.5) is 0 Å². The predicted molar refractivity (Wildman–Crippen MR) is 122 cm³/mol. The number of hydrogen-bond acceptors (Lipinski definition) is 6. The molecule has 0 bridgehead atoms. The average molecular weight is 438 g/mol. The minimum Gasteiger partial charge on any atom is -0.440 e. The molecule has 1 aromatic carbocycles. The molecule has 1 aliphatic rings. The highest BCUT2D eigenvalue weighted by atomic mass is 32.2. The summed E-state index contributed by atoms with van der Waals surface area (Å²) >= 11 is 3.21. The van der Waals surface area contributed by atoms with E-state index in [9.17, 15) is 4.79 Å². The van der Waals surface area contributed by atoms with Gasteiger partial charge in [0.25, 0.3) is 5.56 Å². The Bertz CT molecular complexity index is 1260. The van der Waals surface area contributed by atoms with E-state index in [2.05, 4.69) is 11.9 Å². The standard InChI is InChI=1S/C23H23N3O2S2/c1-3-26-22(27)20-16-10-9-14(2)11-18(16)30-21(20)25-23(26)29-13-19-24-12-17(28-19)15-7-5-4-6-8-15/h4-8,12,14H,3,9-11,13H2,1-2H3. The molecule has 7 heteroatoms. The second kappa shape index (κ2) is 8.04. The second-order valence-electron chi connectivity index (χ2n) is 7.75. The molecule has 0 saturated carbocycles. The molecule has 0 fully saturated rings. The fourth-order valence-corrected chi connectivity index (χ4v) is 6.37. The van der Waals surface area contributed by atoms with Crippen LogP contribution in [0, 0.1) is 5.92 Å². The van der Waals surface area contributed by atoms with Gasteiger partial charge >= 0.3 is 0 Å². The number of aromatic nitrogens is 3. The van der Waals surface area contributed by atoms with Crippen LogP contribution < -0.4 is 5.56 Å². The van der Waals surface area contributed by atoms with E-state index in [1.54, 1.807) is 22.1 Å². The third-order valence-corrected chi connectivity index (χ3v) is 7.74. The number of aryl methyl sites for hydroxylation is 1. The van der Waals surface area contributed by atoms with Crippen molar-refractivity contribution in [3.05, 3.63) is 63.2 Å². The molecule has 30 heavy (non-hydrogen) atoms. The zero-order valence-corrected chi connectivity index (χ0v) is 18.7. The Morgan fingerprint density at radius 1 is 1.30 bits per heavy atom. The third kappa shape index (κ3) is 3.50. The van der Waals surface area contributed by atoms with Crippen LogP contribution in [-0.2, 0) is 25.1 Å². The molecule has 0 amide bonds. The van der Waals surface area contributed by atoms with Gasteiger partial charge in [0.2, 0.25) is 5.89 Å². The molecule has 1 atom stereocenters. The van der Waals surface area contributed by atoms with Crippen LogP contribution in [0.2, 0.25) is 0 Å². The maximum atomic E-state index is 13.3. The van der Waals surface area contributed by atoms with Crippen molar-refractivity contribution >= 4 is 33.3 Å². The van der Waals surface area contributed by atoms with E-state index in [-0.39, 0.29) is 5.56 Å². The molecule has 5 nitrogen and oxygen atoms in total. The van der Waals surface area contributed by atoms with Gasteiger partial charge in [0.15, 0.2) is 10.9 Å². The number of hydrogen-bond donors (Lipinski definition) is 0. The van der Waals surface area contributed by atoms with E-state index in [4.69, 9.17) is 9.40 Å². The summed E-state index contributed by atoms with van der Waals surface area (Å²) < 4.78 is 7.71. The summed E-state index contributed by atoms with van der Waals surface area (Å²) in [5.74, 6) is 2.60. The summed E-state index contributed by atoms with van der Waals surface area (Å²) in [5.41, 5.74) is 2.34. The van der Waals surface area contributed by atoms with E-state index in [0.29, 0.717) is 24.1 Å². The molecule has 1 unspecified atom stereocenters. The molecule has 0 saturated heterocycles.